The number of benzene rings is 2. The molecule has 1 N–H and O–H groups in total. The van der Waals surface area contributed by atoms with Gasteiger partial charge in [-0.3, -0.25) is 4.79 Å². The highest BCUT2D eigenvalue weighted by molar-refractivity contribution is 6.04. The Kier molecular flexibility index (Phi) is 3.14. The Labute approximate surface area is 96.9 Å². The third-order valence-corrected chi connectivity index (χ3v) is 2.16. The second-order valence-electron chi connectivity index (χ2n) is 3.37. The summed E-state index contributed by atoms with van der Waals surface area (Å²) in [5, 5.41) is 2.36. The number of carbonyl (C=O) groups is 1. The molecule has 0 heterocycles. The number of halogens is 2. The Balaban J connectivity index is 2.19. The first-order chi connectivity index (χ1) is 8.16. The monoisotopic (exact) mass is 232 g/mol. The van der Waals surface area contributed by atoms with Gasteiger partial charge in [0, 0.05) is 11.6 Å². The standard InChI is InChI=1S/C13H8F2NO/c14-10-6-7-12(11(15)8-10)16-13(17)9-4-2-1-3-5-9/h2-8H,(H,16,17). The van der Waals surface area contributed by atoms with Crippen LogP contribution in [0.1, 0.15) is 10.4 Å². The van der Waals surface area contributed by atoms with Gasteiger partial charge >= 0.3 is 0 Å². The zero-order valence-corrected chi connectivity index (χ0v) is 8.71. The lowest BCUT2D eigenvalue weighted by Gasteiger charge is -2.06. The van der Waals surface area contributed by atoms with Crippen LogP contribution < -0.4 is 5.32 Å². The van der Waals surface area contributed by atoms with Gasteiger partial charge in [-0.15, -0.1) is 0 Å². The number of rotatable bonds is 2. The zero-order valence-electron chi connectivity index (χ0n) is 8.71. The number of hydrogen-bond donors (Lipinski definition) is 1. The summed E-state index contributed by atoms with van der Waals surface area (Å²) >= 11 is 0. The fourth-order valence-electron chi connectivity index (χ4n) is 1.32. The lowest BCUT2D eigenvalue weighted by atomic mass is 10.2. The third-order valence-electron chi connectivity index (χ3n) is 2.16. The molecule has 0 saturated carbocycles. The Hall–Kier alpha value is -2.23. The van der Waals surface area contributed by atoms with Gasteiger partial charge in [-0.1, -0.05) is 12.1 Å². The van der Waals surface area contributed by atoms with Crippen molar-refractivity contribution >= 4 is 11.6 Å². The van der Waals surface area contributed by atoms with E-state index >= 15 is 0 Å². The van der Waals surface area contributed by atoms with Crippen molar-refractivity contribution in [1.29, 1.82) is 0 Å². The van der Waals surface area contributed by atoms with Gasteiger partial charge in [-0.05, 0) is 30.3 Å². The van der Waals surface area contributed by atoms with Crippen LogP contribution in [0.2, 0.25) is 0 Å². The zero-order chi connectivity index (χ0) is 12.3. The molecule has 0 saturated heterocycles. The van der Waals surface area contributed by atoms with Crippen LogP contribution in [0.15, 0.2) is 42.5 Å². The minimum atomic E-state index is -0.805. The summed E-state index contributed by atoms with van der Waals surface area (Å²) in [4.78, 5) is 11.7. The summed E-state index contributed by atoms with van der Waals surface area (Å²) in [6.07, 6.45) is 0. The van der Waals surface area contributed by atoms with Crippen LogP contribution in [-0.2, 0) is 0 Å². The summed E-state index contributed by atoms with van der Waals surface area (Å²) in [5.41, 5.74) is 0.330. The fourth-order valence-corrected chi connectivity index (χ4v) is 1.32. The van der Waals surface area contributed by atoms with Crippen molar-refractivity contribution in [3.8, 4) is 0 Å². The number of anilines is 1. The predicted octanol–water partition coefficient (Wildman–Crippen LogP) is 3.02. The molecule has 2 nitrogen and oxygen atoms in total. The molecule has 17 heavy (non-hydrogen) atoms. The quantitative estimate of drug-likeness (QED) is 0.847. The van der Waals surface area contributed by atoms with Gasteiger partial charge in [0.15, 0.2) is 0 Å². The molecule has 0 bridgehead atoms. The minimum Gasteiger partial charge on any atom is -0.319 e. The summed E-state index contributed by atoms with van der Waals surface area (Å²) in [6.45, 7) is 0. The highest BCUT2D eigenvalue weighted by Crippen LogP contribution is 2.15. The van der Waals surface area contributed by atoms with Crippen LogP contribution >= 0.6 is 0 Å². The lowest BCUT2D eigenvalue weighted by molar-refractivity contribution is 0.102. The first kappa shape index (κ1) is 11.3. The minimum absolute atomic E-state index is 0.0516. The van der Waals surface area contributed by atoms with E-state index in [4.69, 9.17) is 0 Å². The molecular formula is C13H8F2NO. The van der Waals surface area contributed by atoms with Gasteiger partial charge < -0.3 is 5.32 Å². The molecule has 2 aromatic carbocycles. The maximum absolute atomic E-state index is 13.3. The molecule has 1 amide bonds. The van der Waals surface area contributed by atoms with Crippen molar-refractivity contribution < 1.29 is 13.6 Å². The smallest absolute Gasteiger partial charge is 0.255 e. The molecule has 0 unspecified atom stereocenters. The highest BCUT2D eigenvalue weighted by atomic mass is 19.1. The van der Waals surface area contributed by atoms with E-state index in [9.17, 15) is 13.6 Å². The highest BCUT2D eigenvalue weighted by Gasteiger charge is 2.09. The van der Waals surface area contributed by atoms with E-state index in [-0.39, 0.29) is 5.69 Å². The number of nitrogens with one attached hydrogen (secondary N) is 1. The average Bonchev–Trinajstić information content (AvgIpc) is 2.34. The molecule has 0 aliphatic carbocycles. The van der Waals surface area contributed by atoms with Crippen molar-refractivity contribution in [2.45, 2.75) is 0 Å². The Morgan fingerprint density at radius 1 is 1.12 bits per heavy atom. The van der Waals surface area contributed by atoms with E-state index in [1.165, 1.54) is 6.07 Å². The summed E-state index contributed by atoms with van der Waals surface area (Å²) in [7, 11) is 0. The van der Waals surface area contributed by atoms with Crippen molar-refractivity contribution in [2.75, 3.05) is 5.32 Å². The molecule has 0 aliphatic heterocycles. The fraction of sp³-hybridized carbons (Fsp3) is 0. The first-order valence-electron chi connectivity index (χ1n) is 4.89. The van der Waals surface area contributed by atoms with Crippen molar-refractivity contribution in [1.82, 2.24) is 0 Å². The summed E-state index contributed by atoms with van der Waals surface area (Å²) in [5.74, 6) is -1.94. The van der Waals surface area contributed by atoms with Gasteiger partial charge in [0.1, 0.15) is 11.6 Å². The maximum atomic E-state index is 13.3. The first-order valence-corrected chi connectivity index (χ1v) is 4.89. The molecule has 0 atom stereocenters. The van der Waals surface area contributed by atoms with Gasteiger partial charge in [-0.25, -0.2) is 8.78 Å². The second kappa shape index (κ2) is 4.74. The van der Waals surface area contributed by atoms with E-state index in [0.29, 0.717) is 11.6 Å². The Morgan fingerprint density at radius 3 is 2.47 bits per heavy atom. The normalized spacial score (nSPS) is 10.0. The van der Waals surface area contributed by atoms with Crippen LogP contribution in [0, 0.1) is 17.7 Å². The SMILES string of the molecule is O=C(Nc1ccc(F)cc1F)c1cc[c]cc1. The predicted molar refractivity (Wildman–Crippen MR) is 59.6 cm³/mol. The van der Waals surface area contributed by atoms with Crippen molar-refractivity contribution in [3.05, 3.63) is 65.7 Å². The van der Waals surface area contributed by atoms with Gasteiger partial charge in [-0.2, -0.15) is 0 Å². The van der Waals surface area contributed by atoms with Crippen LogP contribution in [0.5, 0.6) is 0 Å². The Bertz CT molecular complexity index is 540. The Morgan fingerprint density at radius 2 is 1.82 bits per heavy atom. The van der Waals surface area contributed by atoms with Crippen molar-refractivity contribution in [3.63, 3.8) is 0 Å². The molecule has 4 heteroatoms. The topological polar surface area (TPSA) is 29.1 Å². The average molecular weight is 232 g/mol. The molecule has 0 aliphatic rings. The summed E-state index contributed by atoms with van der Waals surface area (Å²) in [6, 6.07) is 12.0. The molecule has 85 valence electrons. The molecule has 0 fully saturated rings. The van der Waals surface area contributed by atoms with Crippen LogP contribution in [0.3, 0.4) is 0 Å². The third kappa shape index (κ3) is 2.66. The van der Waals surface area contributed by atoms with Crippen LogP contribution in [-0.4, -0.2) is 5.91 Å². The molecule has 2 aromatic rings. The lowest BCUT2D eigenvalue weighted by Crippen LogP contribution is -2.12. The van der Waals surface area contributed by atoms with Gasteiger partial charge in [0.05, 0.1) is 5.69 Å². The molecule has 1 radical (unpaired) electrons. The van der Waals surface area contributed by atoms with Crippen LogP contribution in [0.25, 0.3) is 0 Å². The molecular weight excluding hydrogens is 224 g/mol. The van der Waals surface area contributed by atoms with Gasteiger partial charge in [0.2, 0.25) is 0 Å². The molecule has 2 rings (SSSR count). The maximum Gasteiger partial charge on any atom is 0.255 e. The van der Waals surface area contributed by atoms with Crippen LogP contribution in [0.4, 0.5) is 14.5 Å². The number of carbonyl (C=O) groups excluding carboxylic acids is 1. The van der Waals surface area contributed by atoms with E-state index < -0.39 is 17.5 Å². The van der Waals surface area contributed by atoms with E-state index in [1.54, 1.807) is 24.3 Å². The van der Waals surface area contributed by atoms with Gasteiger partial charge in [0.25, 0.3) is 5.91 Å². The van der Waals surface area contributed by atoms with E-state index in [1.807, 2.05) is 0 Å². The van der Waals surface area contributed by atoms with E-state index in [2.05, 4.69) is 11.4 Å². The number of amides is 1. The van der Waals surface area contributed by atoms with E-state index in [0.717, 1.165) is 6.07 Å². The molecule has 0 spiro atoms. The molecule has 0 aromatic heterocycles. The second-order valence-corrected chi connectivity index (χ2v) is 3.37. The van der Waals surface area contributed by atoms with Crippen molar-refractivity contribution in [2.24, 2.45) is 0 Å². The summed E-state index contributed by atoms with van der Waals surface area (Å²) < 4.78 is 25.9. The largest absolute Gasteiger partial charge is 0.319 e. The number of hydrogen-bond acceptors (Lipinski definition) is 1.